The first-order valence-electron chi connectivity index (χ1n) is 6.65. The highest BCUT2D eigenvalue weighted by Crippen LogP contribution is 2.31. The van der Waals surface area contributed by atoms with Crippen molar-refractivity contribution in [3.63, 3.8) is 0 Å². The molecule has 0 saturated heterocycles. The van der Waals surface area contributed by atoms with E-state index in [2.05, 4.69) is 5.32 Å². The number of amides is 1. The Hall–Kier alpha value is -2.35. The van der Waals surface area contributed by atoms with Gasteiger partial charge in [0.05, 0.1) is 23.5 Å². The molecule has 0 spiro atoms. The summed E-state index contributed by atoms with van der Waals surface area (Å²) in [6.45, 7) is 0. The number of carboxylic acids is 1. The van der Waals surface area contributed by atoms with Crippen LogP contribution in [-0.4, -0.2) is 17.0 Å². The van der Waals surface area contributed by atoms with Crippen molar-refractivity contribution in [2.75, 3.05) is 5.32 Å². The number of carbonyl (C=O) groups is 2. The van der Waals surface area contributed by atoms with Crippen LogP contribution in [0.2, 0.25) is 0 Å². The van der Waals surface area contributed by atoms with Gasteiger partial charge in [-0.1, -0.05) is 12.8 Å². The summed E-state index contributed by atoms with van der Waals surface area (Å²) in [7, 11) is 0. The minimum atomic E-state index is -0.898. The summed E-state index contributed by atoms with van der Waals surface area (Å²) >= 11 is 0. The molecule has 2 N–H and O–H groups in total. The van der Waals surface area contributed by atoms with E-state index >= 15 is 0 Å². The average Bonchev–Trinajstić information content (AvgIpc) is 2.48. The lowest BCUT2D eigenvalue weighted by atomic mass is 9.78. The molecule has 0 heterocycles. The van der Waals surface area contributed by atoms with Crippen molar-refractivity contribution in [1.82, 2.24) is 0 Å². The van der Waals surface area contributed by atoms with Crippen molar-refractivity contribution in [2.45, 2.75) is 25.7 Å². The number of benzene rings is 1. The lowest BCUT2D eigenvalue weighted by Crippen LogP contribution is -2.36. The van der Waals surface area contributed by atoms with E-state index in [1.165, 1.54) is 0 Å². The highest BCUT2D eigenvalue weighted by atomic mass is 16.4. The second-order valence-corrected chi connectivity index (χ2v) is 5.01. The largest absolute Gasteiger partial charge is 0.481 e. The molecule has 0 radical (unpaired) electrons. The van der Waals surface area contributed by atoms with Gasteiger partial charge in [0.15, 0.2) is 0 Å². The van der Waals surface area contributed by atoms with Crippen LogP contribution in [0.5, 0.6) is 0 Å². The molecular formula is C15H16N2O3. The molecule has 2 rings (SSSR count). The Morgan fingerprint density at radius 1 is 1.15 bits per heavy atom. The van der Waals surface area contributed by atoms with E-state index < -0.39 is 17.8 Å². The van der Waals surface area contributed by atoms with Crippen LogP contribution in [0, 0.1) is 23.2 Å². The van der Waals surface area contributed by atoms with E-state index in [9.17, 15) is 14.7 Å². The van der Waals surface area contributed by atoms with E-state index in [4.69, 9.17) is 5.26 Å². The fraction of sp³-hybridized carbons (Fsp3) is 0.400. The molecule has 0 aliphatic heterocycles. The summed E-state index contributed by atoms with van der Waals surface area (Å²) in [6, 6.07) is 8.53. The van der Waals surface area contributed by atoms with Crippen molar-refractivity contribution in [3.8, 4) is 6.07 Å². The third-order valence-corrected chi connectivity index (χ3v) is 3.70. The number of aliphatic carboxylic acids is 1. The first kappa shape index (κ1) is 14.1. The summed E-state index contributed by atoms with van der Waals surface area (Å²) in [5.74, 6) is -2.22. The van der Waals surface area contributed by atoms with Crippen LogP contribution in [-0.2, 0) is 9.59 Å². The van der Waals surface area contributed by atoms with Crippen molar-refractivity contribution in [1.29, 1.82) is 5.26 Å². The van der Waals surface area contributed by atoms with Crippen LogP contribution in [0.4, 0.5) is 5.69 Å². The number of hydrogen-bond acceptors (Lipinski definition) is 3. The number of nitrogens with one attached hydrogen (secondary N) is 1. The summed E-state index contributed by atoms with van der Waals surface area (Å²) in [5.41, 5.74) is 1.10. The minimum Gasteiger partial charge on any atom is -0.481 e. The molecule has 104 valence electrons. The Kier molecular flexibility index (Phi) is 4.36. The normalized spacial score (nSPS) is 21.8. The molecule has 1 saturated carbocycles. The smallest absolute Gasteiger partial charge is 0.307 e. The highest BCUT2D eigenvalue weighted by molar-refractivity contribution is 5.95. The fourth-order valence-electron chi connectivity index (χ4n) is 2.60. The Morgan fingerprint density at radius 2 is 1.75 bits per heavy atom. The number of hydrogen-bond donors (Lipinski definition) is 2. The van der Waals surface area contributed by atoms with E-state index in [1.54, 1.807) is 24.3 Å². The van der Waals surface area contributed by atoms with E-state index in [1.807, 2.05) is 6.07 Å². The molecule has 1 aromatic carbocycles. The zero-order valence-electron chi connectivity index (χ0n) is 11.0. The SMILES string of the molecule is N#Cc1ccc(NC(=O)[C@@H]2CCCC[C@H]2C(=O)O)cc1. The molecular weight excluding hydrogens is 256 g/mol. The van der Waals surface area contributed by atoms with E-state index in [0.29, 0.717) is 24.1 Å². The molecule has 0 unspecified atom stereocenters. The Labute approximate surface area is 117 Å². The minimum absolute atomic E-state index is 0.248. The number of nitrogens with zero attached hydrogens (tertiary/aromatic N) is 1. The summed E-state index contributed by atoms with van der Waals surface area (Å²) < 4.78 is 0. The van der Waals surface area contributed by atoms with Gasteiger partial charge < -0.3 is 10.4 Å². The molecule has 1 amide bonds. The van der Waals surface area contributed by atoms with Gasteiger partial charge in [-0.25, -0.2) is 0 Å². The zero-order chi connectivity index (χ0) is 14.5. The maximum atomic E-state index is 12.2. The third kappa shape index (κ3) is 3.15. The average molecular weight is 272 g/mol. The lowest BCUT2D eigenvalue weighted by Gasteiger charge is -2.27. The molecule has 1 fully saturated rings. The monoisotopic (exact) mass is 272 g/mol. The number of rotatable bonds is 3. The van der Waals surface area contributed by atoms with Crippen LogP contribution in [0.25, 0.3) is 0 Å². The topological polar surface area (TPSA) is 90.2 Å². The zero-order valence-corrected chi connectivity index (χ0v) is 11.0. The summed E-state index contributed by atoms with van der Waals surface area (Å²) in [6.07, 6.45) is 2.91. The van der Waals surface area contributed by atoms with Gasteiger partial charge in [0.25, 0.3) is 0 Å². The standard InChI is InChI=1S/C15H16N2O3/c16-9-10-5-7-11(8-6-10)17-14(18)12-3-1-2-4-13(12)15(19)20/h5-8,12-13H,1-4H2,(H,17,18)(H,19,20)/t12-,13-/m1/s1. The van der Waals surface area contributed by atoms with E-state index in [-0.39, 0.29) is 5.91 Å². The Morgan fingerprint density at radius 3 is 2.30 bits per heavy atom. The first-order chi connectivity index (χ1) is 9.61. The van der Waals surface area contributed by atoms with Crippen LogP contribution in [0.15, 0.2) is 24.3 Å². The summed E-state index contributed by atoms with van der Waals surface area (Å²) in [4.78, 5) is 23.4. The quantitative estimate of drug-likeness (QED) is 0.884. The van der Waals surface area contributed by atoms with Crippen molar-refractivity contribution in [3.05, 3.63) is 29.8 Å². The number of anilines is 1. The van der Waals surface area contributed by atoms with Crippen molar-refractivity contribution < 1.29 is 14.7 Å². The molecule has 1 aliphatic carbocycles. The van der Waals surface area contributed by atoms with Crippen LogP contribution in [0.3, 0.4) is 0 Å². The van der Waals surface area contributed by atoms with E-state index in [0.717, 1.165) is 12.8 Å². The molecule has 0 bridgehead atoms. The second kappa shape index (κ2) is 6.20. The van der Waals surface area contributed by atoms with Gasteiger partial charge >= 0.3 is 5.97 Å². The lowest BCUT2D eigenvalue weighted by molar-refractivity contribution is -0.147. The summed E-state index contributed by atoms with van der Waals surface area (Å²) in [5, 5.41) is 20.6. The molecule has 5 heteroatoms. The maximum Gasteiger partial charge on any atom is 0.307 e. The van der Waals surface area contributed by atoms with Crippen molar-refractivity contribution in [2.24, 2.45) is 11.8 Å². The van der Waals surface area contributed by atoms with Crippen molar-refractivity contribution >= 4 is 17.6 Å². The number of nitriles is 1. The Balaban J connectivity index is 2.06. The van der Waals surface area contributed by atoms with Gasteiger partial charge in [-0.05, 0) is 37.1 Å². The molecule has 1 aliphatic rings. The van der Waals surface area contributed by atoms with Gasteiger partial charge in [0.1, 0.15) is 0 Å². The predicted molar refractivity (Wildman–Crippen MR) is 72.9 cm³/mol. The van der Waals surface area contributed by atoms with Crippen LogP contribution >= 0.6 is 0 Å². The third-order valence-electron chi connectivity index (χ3n) is 3.70. The van der Waals surface area contributed by atoms with Gasteiger partial charge in [0.2, 0.25) is 5.91 Å². The fourth-order valence-corrected chi connectivity index (χ4v) is 2.60. The molecule has 0 aromatic heterocycles. The molecule has 1 aromatic rings. The maximum absolute atomic E-state index is 12.2. The van der Waals surface area contributed by atoms with Gasteiger partial charge in [-0.15, -0.1) is 0 Å². The molecule has 5 nitrogen and oxygen atoms in total. The number of carbonyl (C=O) groups excluding carboxylic acids is 1. The Bertz CT molecular complexity index is 545. The van der Waals surface area contributed by atoms with Gasteiger partial charge in [0, 0.05) is 5.69 Å². The second-order valence-electron chi connectivity index (χ2n) is 5.01. The first-order valence-corrected chi connectivity index (χ1v) is 6.65. The van der Waals surface area contributed by atoms with Crippen LogP contribution in [0.1, 0.15) is 31.2 Å². The van der Waals surface area contributed by atoms with Gasteiger partial charge in [-0.2, -0.15) is 5.26 Å². The predicted octanol–water partition coefficient (Wildman–Crippen LogP) is 2.39. The number of carboxylic acid groups (broad SMARTS) is 1. The molecule has 2 atom stereocenters. The van der Waals surface area contributed by atoms with Crippen LogP contribution < -0.4 is 5.32 Å². The molecule has 20 heavy (non-hydrogen) atoms. The highest BCUT2D eigenvalue weighted by Gasteiger charge is 2.35. The van der Waals surface area contributed by atoms with Gasteiger partial charge in [-0.3, -0.25) is 9.59 Å².